The molecule has 9 rings (SSSR count). The first-order chi connectivity index (χ1) is 32.6. The molecule has 68 heavy (non-hydrogen) atoms. The summed E-state index contributed by atoms with van der Waals surface area (Å²) in [5, 5.41) is 3.67. The van der Waals surface area contributed by atoms with E-state index in [9.17, 15) is 27.6 Å². The smallest absolute Gasteiger partial charge is 0.330 e. The third-order valence-electron chi connectivity index (χ3n) is 12.5. The van der Waals surface area contributed by atoms with Gasteiger partial charge in [-0.1, -0.05) is 142 Å². The van der Waals surface area contributed by atoms with Crippen molar-refractivity contribution in [3.05, 3.63) is 207 Å². The highest BCUT2D eigenvalue weighted by Crippen LogP contribution is 2.45. The lowest BCUT2D eigenvalue weighted by Gasteiger charge is -2.45. The van der Waals surface area contributed by atoms with E-state index in [1.165, 1.54) is 30.5 Å². The molecule has 4 atom stereocenters. The zero-order valence-corrected chi connectivity index (χ0v) is 39.6. The molecular formula is C52H49N3O11SSi. The number of fused-ring (bicyclic) bond motifs is 2. The summed E-state index contributed by atoms with van der Waals surface area (Å²) in [5.74, 6) is -1.57. The number of amides is 2. The first kappa shape index (κ1) is 46.5. The number of hydrogen-bond donors (Lipinski definition) is 1. The van der Waals surface area contributed by atoms with E-state index in [0.29, 0.717) is 16.2 Å². The molecule has 1 saturated heterocycles. The van der Waals surface area contributed by atoms with Gasteiger partial charge in [-0.15, -0.1) is 5.06 Å². The minimum atomic E-state index is -4.55. The van der Waals surface area contributed by atoms with Crippen LogP contribution in [0, 0.1) is 6.92 Å². The maximum Gasteiger partial charge on any atom is 0.330 e. The third kappa shape index (κ3) is 8.71. The fourth-order valence-corrected chi connectivity index (χ4v) is 14.9. The van der Waals surface area contributed by atoms with Gasteiger partial charge in [0.05, 0.1) is 29.2 Å². The number of carbonyl (C=O) groups excluding carboxylic acids is 2. The number of nitrogens with zero attached hydrogens (tertiary/aromatic N) is 2. The van der Waals surface area contributed by atoms with Crippen LogP contribution in [-0.2, 0) is 39.6 Å². The minimum Gasteiger partial charge on any atom is -0.404 e. The molecule has 1 fully saturated rings. The van der Waals surface area contributed by atoms with Gasteiger partial charge >= 0.3 is 5.69 Å². The van der Waals surface area contributed by atoms with Crippen LogP contribution >= 0.6 is 0 Å². The summed E-state index contributed by atoms with van der Waals surface area (Å²) in [6.07, 6.45) is -3.52. The number of carbonyl (C=O) groups is 2. The molecule has 0 spiro atoms. The molecule has 348 valence electrons. The van der Waals surface area contributed by atoms with E-state index in [2.05, 4.69) is 25.8 Å². The third-order valence-corrected chi connectivity index (χ3v) is 18.7. The minimum absolute atomic E-state index is 0.0802. The fourth-order valence-electron chi connectivity index (χ4n) is 9.20. The maximum absolute atomic E-state index is 14.3. The highest BCUT2D eigenvalue weighted by molar-refractivity contribution is 7.86. The Morgan fingerprint density at radius 2 is 1.32 bits per heavy atom. The lowest BCUT2D eigenvalue weighted by molar-refractivity contribution is -0.187. The maximum atomic E-state index is 14.3. The molecule has 3 heterocycles. The van der Waals surface area contributed by atoms with Gasteiger partial charge in [0.1, 0.15) is 18.3 Å². The molecule has 0 aliphatic carbocycles. The number of aryl methyl sites for hydroxylation is 1. The van der Waals surface area contributed by atoms with Gasteiger partial charge in [0.25, 0.3) is 35.8 Å². The summed E-state index contributed by atoms with van der Waals surface area (Å²) in [4.78, 5) is 63.4. The predicted octanol–water partition coefficient (Wildman–Crippen LogP) is 6.43. The van der Waals surface area contributed by atoms with E-state index in [4.69, 9.17) is 22.9 Å². The van der Waals surface area contributed by atoms with Gasteiger partial charge in [0, 0.05) is 12.3 Å². The first-order valence-corrected chi connectivity index (χ1v) is 25.4. The normalized spacial score (nSPS) is 19.7. The fraction of sp³-hybridized carbons (Fsp3) is 0.231. The monoisotopic (exact) mass is 951 g/mol. The van der Waals surface area contributed by atoms with Crippen molar-refractivity contribution in [1.82, 2.24) is 14.6 Å². The number of rotatable bonds is 15. The van der Waals surface area contributed by atoms with E-state index < -0.39 is 83.8 Å². The highest BCUT2D eigenvalue weighted by atomic mass is 32.2. The Morgan fingerprint density at radius 3 is 1.94 bits per heavy atom. The number of aromatic amines is 1. The summed E-state index contributed by atoms with van der Waals surface area (Å²) in [5.41, 5.74) is -2.15. The van der Waals surface area contributed by atoms with Crippen LogP contribution in [0.15, 0.2) is 178 Å². The van der Waals surface area contributed by atoms with Crippen molar-refractivity contribution >= 4 is 51.4 Å². The molecule has 0 bridgehead atoms. The Bertz CT molecular complexity index is 3170. The van der Waals surface area contributed by atoms with Crippen LogP contribution in [0.5, 0.6) is 0 Å². The Hall–Kier alpha value is -6.63. The quantitative estimate of drug-likeness (QED) is 0.0682. The second-order valence-corrected chi connectivity index (χ2v) is 23.9. The molecular weight excluding hydrogens is 903 g/mol. The summed E-state index contributed by atoms with van der Waals surface area (Å²) in [6, 6.07) is 46.6. The number of hydrogen-bond acceptors (Lipinski definition) is 11. The van der Waals surface area contributed by atoms with E-state index in [1.54, 1.807) is 31.2 Å². The second-order valence-electron chi connectivity index (χ2n) is 18.0. The molecule has 2 aliphatic heterocycles. The van der Waals surface area contributed by atoms with Crippen LogP contribution in [0.3, 0.4) is 0 Å². The summed E-state index contributed by atoms with van der Waals surface area (Å²) >= 11 is 0. The van der Waals surface area contributed by atoms with Gasteiger partial charge in [-0.05, 0) is 74.6 Å². The molecule has 6 aromatic carbocycles. The van der Waals surface area contributed by atoms with Crippen LogP contribution in [0.1, 0.15) is 58.8 Å². The number of benzene rings is 6. The molecule has 2 aliphatic rings. The molecule has 16 heteroatoms. The van der Waals surface area contributed by atoms with Crippen molar-refractivity contribution in [1.29, 1.82) is 0 Å². The molecule has 2 amide bonds. The van der Waals surface area contributed by atoms with Gasteiger partial charge in [-0.2, -0.15) is 8.42 Å². The van der Waals surface area contributed by atoms with E-state index in [-0.39, 0.29) is 22.6 Å². The zero-order chi connectivity index (χ0) is 47.8. The summed E-state index contributed by atoms with van der Waals surface area (Å²) in [7, 11) is -8.07. The van der Waals surface area contributed by atoms with Crippen molar-refractivity contribution in [2.45, 2.75) is 68.3 Å². The van der Waals surface area contributed by atoms with Crippen LogP contribution in [0.4, 0.5) is 0 Å². The van der Waals surface area contributed by atoms with E-state index >= 15 is 0 Å². The topological polar surface area (TPSA) is 173 Å². The summed E-state index contributed by atoms with van der Waals surface area (Å²) in [6.45, 7) is 6.62. The Morgan fingerprint density at radius 1 is 0.706 bits per heavy atom. The van der Waals surface area contributed by atoms with Gasteiger partial charge in [-0.25, -0.2) is 4.79 Å². The zero-order valence-electron chi connectivity index (χ0n) is 37.7. The van der Waals surface area contributed by atoms with Crippen molar-refractivity contribution in [2.24, 2.45) is 0 Å². The second kappa shape index (κ2) is 18.5. The van der Waals surface area contributed by atoms with Crippen LogP contribution < -0.4 is 21.6 Å². The van der Waals surface area contributed by atoms with E-state index in [0.717, 1.165) is 31.8 Å². The molecule has 2 unspecified atom stereocenters. The predicted molar refractivity (Wildman–Crippen MR) is 256 cm³/mol. The number of hydroxylamine groups is 2. The molecule has 1 N–H and O–H groups in total. The Kier molecular flexibility index (Phi) is 12.6. The van der Waals surface area contributed by atoms with Gasteiger partial charge in [-0.3, -0.25) is 33.0 Å². The van der Waals surface area contributed by atoms with Gasteiger partial charge in [0.2, 0.25) is 0 Å². The van der Waals surface area contributed by atoms with Crippen molar-refractivity contribution in [3.8, 4) is 0 Å². The molecule has 0 saturated carbocycles. The lowest BCUT2D eigenvalue weighted by atomic mass is 9.96. The number of imide groups is 1. The van der Waals surface area contributed by atoms with Crippen LogP contribution in [0.25, 0.3) is 10.8 Å². The number of H-pyrrole nitrogens is 1. The number of ether oxygens (including phenoxy) is 2. The van der Waals surface area contributed by atoms with Crippen molar-refractivity contribution < 1.29 is 40.9 Å². The van der Waals surface area contributed by atoms with Crippen LogP contribution in [-0.4, -0.2) is 74.2 Å². The molecule has 0 radical (unpaired) electrons. The SMILES string of the molecule is Cc1cccc(S(=O)(=O)OC[C@@]2(CO[Si](c3ccccc3)(c3ccccc3)C(C)(C)C)O[C@H](n3ccc(=O)[nH]c3=O)C(ON3C(=O)c4ccccc4C3=O)C2OCc2ccc3ccccc3c2)c1. The first-order valence-electron chi connectivity index (χ1n) is 22.0. The largest absolute Gasteiger partial charge is 0.404 e. The molecule has 14 nitrogen and oxygen atoms in total. The van der Waals surface area contributed by atoms with Gasteiger partial charge < -0.3 is 13.9 Å². The lowest BCUT2D eigenvalue weighted by Crippen LogP contribution is -2.68. The summed E-state index contributed by atoms with van der Waals surface area (Å²) < 4.78 is 57.4. The average Bonchev–Trinajstić information content (AvgIpc) is 3.76. The standard InChI is InChI=1S/C52H49N3O11SSi/c1-35-16-15-19-39(30-35)67(60,61)63-33-52(34-64-68(51(2,3)4,40-20-7-5-8-21-40)41-22-9-6-10-23-41)46(62-32-36-26-27-37-17-11-12-18-38(37)31-36)45(49(65-52)54-29-28-44(56)53-50(54)59)66-55-47(57)42-24-13-14-25-43(42)48(55)58/h5-31,45-46,49H,32-34H2,1-4H3,(H,53,56,59)/t45?,46?,49-,52-/m0/s1. The van der Waals surface area contributed by atoms with Gasteiger partial charge in [0.15, 0.2) is 12.3 Å². The molecule has 7 aromatic rings. The van der Waals surface area contributed by atoms with Crippen LogP contribution in [0.2, 0.25) is 5.04 Å². The van der Waals surface area contributed by atoms with E-state index in [1.807, 2.05) is 103 Å². The molecule has 1 aromatic heterocycles. The Labute approximate surface area is 393 Å². The Balaban J connectivity index is 1.25. The number of aromatic nitrogens is 2. The number of nitrogens with one attached hydrogen (secondary N) is 1. The highest BCUT2D eigenvalue weighted by Gasteiger charge is 2.62. The van der Waals surface area contributed by atoms with Crippen molar-refractivity contribution in [2.75, 3.05) is 13.2 Å². The van der Waals surface area contributed by atoms with Crippen molar-refractivity contribution in [3.63, 3.8) is 0 Å². The average molecular weight is 952 g/mol.